The molecule has 3 rings (SSSR count). The van der Waals surface area contributed by atoms with Crippen molar-refractivity contribution in [2.75, 3.05) is 19.0 Å². The molecular formula is C28H33N3O4. The fourth-order valence-electron chi connectivity index (χ4n) is 3.82. The highest BCUT2D eigenvalue weighted by atomic mass is 16.5. The summed E-state index contributed by atoms with van der Waals surface area (Å²) >= 11 is 0. The summed E-state index contributed by atoms with van der Waals surface area (Å²) in [4.78, 5) is 42.7. The van der Waals surface area contributed by atoms with E-state index in [1.165, 1.54) is 23.2 Å². The van der Waals surface area contributed by atoms with Gasteiger partial charge in [0.1, 0.15) is 11.8 Å². The zero-order valence-electron chi connectivity index (χ0n) is 20.9. The molecule has 0 saturated heterocycles. The Morgan fingerprint density at radius 3 is 2.17 bits per heavy atom. The molecule has 1 unspecified atom stereocenters. The van der Waals surface area contributed by atoms with Gasteiger partial charge in [0.2, 0.25) is 5.56 Å². The maximum Gasteiger partial charge on any atom is 0.256 e. The second-order valence-corrected chi connectivity index (χ2v) is 9.43. The largest absolute Gasteiger partial charge is 0.497 e. The molecule has 0 radical (unpaired) electrons. The summed E-state index contributed by atoms with van der Waals surface area (Å²) in [6, 6.07) is 16.7. The van der Waals surface area contributed by atoms with Crippen LogP contribution in [-0.2, 0) is 10.2 Å². The van der Waals surface area contributed by atoms with E-state index >= 15 is 0 Å². The van der Waals surface area contributed by atoms with Gasteiger partial charge in [0.05, 0.1) is 12.7 Å². The summed E-state index contributed by atoms with van der Waals surface area (Å²) in [5.41, 5.74) is 2.46. The number of pyridine rings is 1. The summed E-state index contributed by atoms with van der Waals surface area (Å²) in [5.74, 6) is -0.0215. The van der Waals surface area contributed by atoms with E-state index in [1.807, 2.05) is 31.2 Å². The van der Waals surface area contributed by atoms with Crippen LogP contribution in [0.5, 0.6) is 5.75 Å². The Bertz CT molecular complexity index is 1190. The third-order valence-electron chi connectivity index (χ3n) is 5.77. The summed E-state index contributed by atoms with van der Waals surface area (Å²) in [5, 5.41) is 2.98. The van der Waals surface area contributed by atoms with Crippen molar-refractivity contribution in [3.8, 4) is 5.75 Å². The fraction of sp³-hybridized carbons (Fsp3) is 0.321. The number of methoxy groups -OCH3 is 1. The number of hydrogen-bond acceptors (Lipinski definition) is 4. The Morgan fingerprint density at radius 2 is 1.66 bits per heavy atom. The van der Waals surface area contributed by atoms with Crippen LogP contribution in [0.3, 0.4) is 0 Å². The molecule has 0 aliphatic rings. The number of hydrogen-bond donors (Lipinski definition) is 2. The second kappa shape index (κ2) is 11.0. The Morgan fingerprint density at radius 1 is 1.00 bits per heavy atom. The Balaban J connectivity index is 1.99. The average molecular weight is 476 g/mol. The molecule has 2 aromatic carbocycles. The molecule has 0 fully saturated rings. The third kappa shape index (κ3) is 6.38. The van der Waals surface area contributed by atoms with Gasteiger partial charge in [-0.25, -0.2) is 0 Å². The number of ether oxygens (including phenoxy) is 1. The minimum absolute atomic E-state index is 0.00479. The van der Waals surface area contributed by atoms with E-state index < -0.39 is 6.04 Å². The Kier molecular flexibility index (Phi) is 8.12. The number of amides is 2. The lowest BCUT2D eigenvalue weighted by molar-refractivity contribution is -0.120. The molecule has 1 atom stereocenters. The fourth-order valence-corrected chi connectivity index (χ4v) is 3.82. The summed E-state index contributed by atoms with van der Waals surface area (Å²) < 4.78 is 5.26. The van der Waals surface area contributed by atoms with Gasteiger partial charge in [-0.1, -0.05) is 52.0 Å². The average Bonchev–Trinajstić information content (AvgIpc) is 2.84. The minimum Gasteiger partial charge on any atom is -0.497 e. The van der Waals surface area contributed by atoms with E-state index in [0.717, 1.165) is 5.56 Å². The quantitative estimate of drug-likeness (QED) is 0.484. The number of H-pyrrole nitrogens is 1. The lowest BCUT2D eigenvalue weighted by Crippen LogP contribution is -2.42. The molecular weight excluding hydrogens is 442 g/mol. The van der Waals surface area contributed by atoms with Crippen LogP contribution in [0.25, 0.3) is 0 Å². The first kappa shape index (κ1) is 25.7. The zero-order chi connectivity index (χ0) is 25.6. The van der Waals surface area contributed by atoms with E-state index in [1.54, 1.807) is 31.4 Å². The SMILES string of the molecule is CCCN(C(=O)c1ccc(=O)[nH]c1)C(C(=O)Nc1ccc(C(C)(C)C)cc1)c1ccc(OC)cc1. The number of rotatable bonds is 8. The Hall–Kier alpha value is -3.87. The standard InChI is InChI=1S/C28H33N3O4/c1-6-17-31(27(34)20-9-16-24(32)29-18-20)25(19-7-14-23(35-5)15-8-19)26(33)30-22-12-10-21(11-13-22)28(2,3)4/h7-16,18,25H,6,17H2,1-5H3,(H,29,32)(H,30,33). The van der Waals surface area contributed by atoms with Crippen molar-refractivity contribution in [2.24, 2.45) is 0 Å². The molecule has 2 N–H and O–H groups in total. The van der Waals surface area contributed by atoms with Crippen LogP contribution in [-0.4, -0.2) is 35.4 Å². The summed E-state index contributed by atoms with van der Waals surface area (Å²) in [6.45, 7) is 8.69. The van der Waals surface area contributed by atoms with Gasteiger partial charge in [-0.05, 0) is 53.3 Å². The molecule has 0 saturated carbocycles. The normalized spacial score (nSPS) is 12.0. The van der Waals surface area contributed by atoms with Crippen molar-refractivity contribution in [1.29, 1.82) is 0 Å². The van der Waals surface area contributed by atoms with Crippen molar-refractivity contribution in [3.05, 3.63) is 93.9 Å². The zero-order valence-corrected chi connectivity index (χ0v) is 20.9. The number of carbonyl (C=O) groups is 2. The topological polar surface area (TPSA) is 91.5 Å². The van der Waals surface area contributed by atoms with Gasteiger partial charge in [-0.2, -0.15) is 0 Å². The van der Waals surface area contributed by atoms with Crippen LogP contribution in [0.1, 0.15) is 61.6 Å². The van der Waals surface area contributed by atoms with Gasteiger partial charge in [0.25, 0.3) is 11.8 Å². The molecule has 35 heavy (non-hydrogen) atoms. The van der Waals surface area contributed by atoms with Crippen molar-refractivity contribution >= 4 is 17.5 Å². The number of carbonyl (C=O) groups excluding carboxylic acids is 2. The first-order valence-corrected chi connectivity index (χ1v) is 11.7. The number of aromatic amines is 1. The molecule has 7 nitrogen and oxygen atoms in total. The minimum atomic E-state index is -0.887. The van der Waals surface area contributed by atoms with E-state index in [0.29, 0.717) is 35.5 Å². The molecule has 184 valence electrons. The molecule has 0 aliphatic carbocycles. The van der Waals surface area contributed by atoms with Crippen molar-refractivity contribution in [1.82, 2.24) is 9.88 Å². The number of aromatic nitrogens is 1. The number of anilines is 1. The van der Waals surface area contributed by atoms with E-state index in [-0.39, 0.29) is 22.8 Å². The number of nitrogens with zero attached hydrogens (tertiary/aromatic N) is 1. The van der Waals surface area contributed by atoms with Crippen molar-refractivity contribution < 1.29 is 14.3 Å². The highest BCUT2D eigenvalue weighted by molar-refractivity contribution is 6.01. The van der Waals surface area contributed by atoms with Crippen LogP contribution >= 0.6 is 0 Å². The smallest absolute Gasteiger partial charge is 0.256 e. The first-order chi connectivity index (χ1) is 16.6. The van der Waals surface area contributed by atoms with Gasteiger partial charge in [0.15, 0.2) is 0 Å². The summed E-state index contributed by atoms with van der Waals surface area (Å²) in [6.07, 6.45) is 2.02. The molecule has 3 aromatic rings. The second-order valence-electron chi connectivity index (χ2n) is 9.43. The van der Waals surface area contributed by atoms with Crippen LogP contribution in [0.2, 0.25) is 0 Å². The molecule has 0 bridgehead atoms. The monoisotopic (exact) mass is 475 g/mol. The first-order valence-electron chi connectivity index (χ1n) is 11.7. The highest BCUT2D eigenvalue weighted by Crippen LogP contribution is 2.28. The molecule has 2 amide bonds. The van der Waals surface area contributed by atoms with Crippen LogP contribution in [0.15, 0.2) is 71.7 Å². The van der Waals surface area contributed by atoms with Gasteiger partial charge in [-0.3, -0.25) is 14.4 Å². The molecule has 7 heteroatoms. The predicted molar refractivity (Wildman–Crippen MR) is 138 cm³/mol. The summed E-state index contributed by atoms with van der Waals surface area (Å²) in [7, 11) is 1.57. The number of benzene rings is 2. The Labute approximate surface area is 206 Å². The molecule has 1 aromatic heterocycles. The lowest BCUT2D eigenvalue weighted by Gasteiger charge is -2.31. The molecule has 1 heterocycles. The van der Waals surface area contributed by atoms with Gasteiger partial charge in [-0.15, -0.1) is 0 Å². The van der Waals surface area contributed by atoms with E-state index in [4.69, 9.17) is 4.74 Å². The van der Waals surface area contributed by atoms with Gasteiger partial charge < -0.3 is 19.9 Å². The van der Waals surface area contributed by atoms with Crippen molar-refractivity contribution in [2.45, 2.75) is 45.6 Å². The lowest BCUT2D eigenvalue weighted by atomic mass is 9.87. The van der Waals surface area contributed by atoms with Crippen LogP contribution in [0, 0.1) is 0 Å². The van der Waals surface area contributed by atoms with Crippen LogP contribution < -0.4 is 15.6 Å². The van der Waals surface area contributed by atoms with E-state index in [2.05, 4.69) is 31.1 Å². The van der Waals surface area contributed by atoms with E-state index in [9.17, 15) is 14.4 Å². The van der Waals surface area contributed by atoms with Gasteiger partial charge >= 0.3 is 0 Å². The molecule has 0 aliphatic heterocycles. The highest BCUT2D eigenvalue weighted by Gasteiger charge is 2.32. The van der Waals surface area contributed by atoms with Crippen LogP contribution in [0.4, 0.5) is 5.69 Å². The van der Waals surface area contributed by atoms with Crippen molar-refractivity contribution in [3.63, 3.8) is 0 Å². The third-order valence-corrected chi connectivity index (χ3v) is 5.77. The maximum absolute atomic E-state index is 13.7. The maximum atomic E-state index is 13.7. The number of nitrogens with one attached hydrogen (secondary N) is 2. The molecule has 0 spiro atoms. The van der Waals surface area contributed by atoms with Gasteiger partial charge in [0, 0.05) is 24.5 Å². The predicted octanol–water partition coefficient (Wildman–Crippen LogP) is 4.91.